The Labute approximate surface area is 101 Å². The molecule has 1 fully saturated rings. The topological polar surface area (TPSA) is 35.0 Å². The SMILES string of the molecule is Cc1ncc2cccc(OC3CCCC3)c2n1. The molecule has 1 aliphatic rings. The van der Waals surface area contributed by atoms with Crippen LogP contribution >= 0.6 is 0 Å². The minimum Gasteiger partial charge on any atom is -0.488 e. The van der Waals surface area contributed by atoms with Crippen LogP contribution in [0.25, 0.3) is 10.9 Å². The maximum atomic E-state index is 6.05. The number of fused-ring (bicyclic) bond motifs is 1. The van der Waals surface area contributed by atoms with Gasteiger partial charge in [0.2, 0.25) is 0 Å². The van der Waals surface area contributed by atoms with Crippen LogP contribution < -0.4 is 4.74 Å². The van der Waals surface area contributed by atoms with Crippen molar-refractivity contribution in [3.8, 4) is 5.75 Å². The van der Waals surface area contributed by atoms with Crippen LogP contribution in [0.2, 0.25) is 0 Å². The predicted molar refractivity (Wildman–Crippen MR) is 67.2 cm³/mol. The van der Waals surface area contributed by atoms with Crippen molar-refractivity contribution in [1.29, 1.82) is 0 Å². The summed E-state index contributed by atoms with van der Waals surface area (Å²) in [6.45, 7) is 1.91. The molecule has 3 heteroatoms. The molecule has 3 nitrogen and oxygen atoms in total. The van der Waals surface area contributed by atoms with Crippen LogP contribution in [-0.2, 0) is 0 Å². The molecular formula is C14H16N2O. The highest BCUT2D eigenvalue weighted by Crippen LogP contribution is 2.28. The molecule has 0 radical (unpaired) electrons. The van der Waals surface area contributed by atoms with Crippen LogP contribution in [0.15, 0.2) is 24.4 Å². The fourth-order valence-corrected chi connectivity index (χ4v) is 2.40. The molecular weight excluding hydrogens is 212 g/mol. The third kappa shape index (κ3) is 2.09. The summed E-state index contributed by atoms with van der Waals surface area (Å²) in [6.07, 6.45) is 7.13. The van der Waals surface area contributed by atoms with E-state index >= 15 is 0 Å². The lowest BCUT2D eigenvalue weighted by Crippen LogP contribution is -2.11. The van der Waals surface area contributed by atoms with Crippen molar-refractivity contribution in [2.24, 2.45) is 0 Å². The van der Waals surface area contributed by atoms with E-state index < -0.39 is 0 Å². The highest BCUT2D eigenvalue weighted by Gasteiger charge is 2.17. The molecule has 0 atom stereocenters. The second-order valence-electron chi connectivity index (χ2n) is 4.64. The first-order valence-corrected chi connectivity index (χ1v) is 6.22. The molecule has 17 heavy (non-hydrogen) atoms. The average molecular weight is 228 g/mol. The molecule has 3 rings (SSSR count). The number of benzene rings is 1. The van der Waals surface area contributed by atoms with Crippen molar-refractivity contribution in [2.75, 3.05) is 0 Å². The van der Waals surface area contributed by atoms with Gasteiger partial charge in [-0.2, -0.15) is 0 Å². The lowest BCUT2D eigenvalue weighted by atomic mass is 10.2. The molecule has 1 aromatic heterocycles. The van der Waals surface area contributed by atoms with Gasteiger partial charge in [-0.3, -0.25) is 0 Å². The van der Waals surface area contributed by atoms with Gasteiger partial charge >= 0.3 is 0 Å². The quantitative estimate of drug-likeness (QED) is 0.791. The van der Waals surface area contributed by atoms with E-state index in [2.05, 4.69) is 9.97 Å². The lowest BCUT2D eigenvalue weighted by molar-refractivity contribution is 0.212. The largest absolute Gasteiger partial charge is 0.488 e. The molecule has 0 aliphatic heterocycles. The maximum absolute atomic E-state index is 6.05. The number of ether oxygens (including phenoxy) is 1. The van der Waals surface area contributed by atoms with Gasteiger partial charge < -0.3 is 4.74 Å². The Morgan fingerprint density at radius 3 is 2.88 bits per heavy atom. The molecule has 0 bridgehead atoms. The highest BCUT2D eigenvalue weighted by molar-refractivity contribution is 5.83. The molecule has 1 aliphatic carbocycles. The van der Waals surface area contributed by atoms with Gasteiger partial charge in [-0.1, -0.05) is 12.1 Å². The summed E-state index contributed by atoms with van der Waals surface area (Å²) >= 11 is 0. The molecule has 1 aromatic carbocycles. The van der Waals surface area contributed by atoms with E-state index in [1.807, 2.05) is 31.3 Å². The number of nitrogens with zero attached hydrogens (tertiary/aromatic N) is 2. The lowest BCUT2D eigenvalue weighted by Gasteiger charge is -2.14. The minimum atomic E-state index is 0.371. The molecule has 0 spiro atoms. The van der Waals surface area contributed by atoms with E-state index in [1.165, 1.54) is 25.7 Å². The Morgan fingerprint density at radius 2 is 2.06 bits per heavy atom. The summed E-state index contributed by atoms with van der Waals surface area (Å²) in [5.74, 6) is 1.69. The van der Waals surface area contributed by atoms with Gasteiger partial charge in [0, 0.05) is 11.6 Å². The van der Waals surface area contributed by atoms with Gasteiger partial charge in [0.05, 0.1) is 6.10 Å². The standard InChI is InChI=1S/C14H16N2O/c1-10-15-9-11-5-4-8-13(14(11)16-10)17-12-6-2-3-7-12/h4-5,8-9,12H,2-3,6-7H2,1H3. The maximum Gasteiger partial charge on any atom is 0.146 e. The second kappa shape index (κ2) is 4.32. The first kappa shape index (κ1) is 10.5. The monoisotopic (exact) mass is 228 g/mol. The van der Waals surface area contributed by atoms with Crippen molar-refractivity contribution in [3.05, 3.63) is 30.2 Å². The summed E-state index contributed by atoms with van der Waals surface area (Å²) < 4.78 is 6.05. The first-order valence-electron chi connectivity index (χ1n) is 6.22. The number of para-hydroxylation sites is 1. The molecule has 1 saturated carbocycles. The van der Waals surface area contributed by atoms with E-state index in [1.54, 1.807) is 0 Å². The molecule has 2 aromatic rings. The Kier molecular flexibility index (Phi) is 2.67. The number of hydrogen-bond acceptors (Lipinski definition) is 3. The van der Waals surface area contributed by atoms with E-state index in [9.17, 15) is 0 Å². The summed E-state index contributed by atoms with van der Waals surface area (Å²) in [7, 11) is 0. The van der Waals surface area contributed by atoms with E-state index in [-0.39, 0.29) is 0 Å². The average Bonchev–Trinajstić information content (AvgIpc) is 2.83. The first-order chi connectivity index (χ1) is 8.33. The number of aryl methyl sites for hydroxylation is 1. The fraction of sp³-hybridized carbons (Fsp3) is 0.429. The van der Waals surface area contributed by atoms with Crippen LogP contribution in [0.5, 0.6) is 5.75 Å². The van der Waals surface area contributed by atoms with Crippen molar-refractivity contribution in [2.45, 2.75) is 38.7 Å². The Hall–Kier alpha value is -1.64. The van der Waals surface area contributed by atoms with Gasteiger partial charge in [0.25, 0.3) is 0 Å². The van der Waals surface area contributed by atoms with E-state index in [0.717, 1.165) is 22.5 Å². The smallest absolute Gasteiger partial charge is 0.146 e. The van der Waals surface area contributed by atoms with Crippen LogP contribution in [0.3, 0.4) is 0 Å². The minimum absolute atomic E-state index is 0.371. The van der Waals surface area contributed by atoms with Gasteiger partial charge in [-0.05, 0) is 38.7 Å². The summed E-state index contributed by atoms with van der Waals surface area (Å²) in [5, 5.41) is 1.05. The normalized spacial score (nSPS) is 16.5. The van der Waals surface area contributed by atoms with E-state index in [4.69, 9.17) is 4.74 Å². The predicted octanol–water partition coefficient (Wildman–Crippen LogP) is 3.26. The number of rotatable bonds is 2. The van der Waals surface area contributed by atoms with Crippen LogP contribution in [0, 0.1) is 6.92 Å². The molecule has 0 unspecified atom stereocenters. The third-order valence-electron chi connectivity index (χ3n) is 3.29. The zero-order chi connectivity index (χ0) is 11.7. The van der Waals surface area contributed by atoms with Crippen LogP contribution in [-0.4, -0.2) is 16.1 Å². The molecule has 0 amide bonds. The van der Waals surface area contributed by atoms with Crippen molar-refractivity contribution >= 4 is 10.9 Å². The van der Waals surface area contributed by atoms with Gasteiger partial charge in [-0.15, -0.1) is 0 Å². The summed E-state index contributed by atoms with van der Waals surface area (Å²) in [4.78, 5) is 8.70. The summed E-state index contributed by atoms with van der Waals surface area (Å²) in [6, 6.07) is 6.04. The summed E-state index contributed by atoms with van der Waals surface area (Å²) in [5.41, 5.74) is 0.937. The van der Waals surface area contributed by atoms with Gasteiger partial charge in [0.15, 0.2) is 0 Å². The van der Waals surface area contributed by atoms with Gasteiger partial charge in [0.1, 0.15) is 17.1 Å². The van der Waals surface area contributed by atoms with E-state index in [0.29, 0.717) is 6.10 Å². The Balaban J connectivity index is 1.99. The number of aromatic nitrogens is 2. The zero-order valence-corrected chi connectivity index (χ0v) is 10.0. The van der Waals surface area contributed by atoms with Crippen molar-refractivity contribution in [1.82, 2.24) is 9.97 Å². The van der Waals surface area contributed by atoms with Gasteiger partial charge in [-0.25, -0.2) is 9.97 Å². The second-order valence-corrected chi connectivity index (χ2v) is 4.64. The molecule has 0 N–H and O–H groups in total. The molecule has 1 heterocycles. The Bertz CT molecular complexity index is 533. The number of hydrogen-bond donors (Lipinski definition) is 0. The van der Waals surface area contributed by atoms with Crippen molar-refractivity contribution in [3.63, 3.8) is 0 Å². The van der Waals surface area contributed by atoms with Crippen molar-refractivity contribution < 1.29 is 4.74 Å². The molecule has 0 saturated heterocycles. The zero-order valence-electron chi connectivity index (χ0n) is 10.0. The van der Waals surface area contributed by atoms with Crippen LogP contribution in [0.1, 0.15) is 31.5 Å². The Morgan fingerprint density at radius 1 is 1.24 bits per heavy atom. The molecule has 88 valence electrons. The highest BCUT2D eigenvalue weighted by atomic mass is 16.5. The van der Waals surface area contributed by atoms with Crippen LogP contribution in [0.4, 0.5) is 0 Å². The fourth-order valence-electron chi connectivity index (χ4n) is 2.40. The third-order valence-corrected chi connectivity index (χ3v) is 3.29.